The quantitative estimate of drug-likeness (QED) is 0.749. The smallest absolute Gasteiger partial charge is 0.204 e. The zero-order valence-corrected chi connectivity index (χ0v) is 16.6. The molecular formula is C22H28O6. The molecule has 6 heteroatoms. The van der Waals surface area contributed by atoms with Gasteiger partial charge in [-0.1, -0.05) is 12.5 Å². The highest BCUT2D eigenvalue weighted by Crippen LogP contribution is 2.49. The van der Waals surface area contributed by atoms with Gasteiger partial charge >= 0.3 is 0 Å². The van der Waals surface area contributed by atoms with E-state index in [0.29, 0.717) is 47.6 Å². The molecule has 1 aliphatic rings. The molecule has 0 saturated heterocycles. The van der Waals surface area contributed by atoms with Gasteiger partial charge in [-0.05, 0) is 48.6 Å². The van der Waals surface area contributed by atoms with Crippen LogP contribution in [0.25, 0.3) is 11.1 Å². The van der Waals surface area contributed by atoms with Crippen molar-refractivity contribution >= 4 is 0 Å². The summed E-state index contributed by atoms with van der Waals surface area (Å²) < 4.78 is 16.8. The number of aliphatic hydroxyl groups excluding tert-OH is 2. The molecule has 0 fully saturated rings. The first-order valence-corrected chi connectivity index (χ1v) is 9.50. The number of methoxy groups -OCH3 is 3. The van der Waals surface area contributed by atoms with E-state index in [-0.39, 0.29) is 5.75 Å². The predicted octanol–water partition coefficient (Wildman–Crippen LogP) is 3.08. The van der Waals surface area contributed by atoms with Crippen LogP contribution in [0.1, 0.15) is 30.4 Å². The van der Waals surface area contributed by atoms with Crippen molar-refractivity contribution in [2.24, 2.45) is 0 Å². The lowest BCUT2D eigenvalue weighted by atomic mass is 9.95. The van der Waals surface area contributed by atoms with E-state index in [2.05, 4.69) is 0 Å². The first kappa shape index (κ1) is 20.3. The molecule has 0 amide bonds. The maximum Gasteiger partial charge on any atom is 0.204 e. The number of phenols is 1. The zero-order chi connectivity index (χ0) is 20.3. The average molecular weight is 388 g/mol. The van der Waals surface area contributed by atoms with Gasteiger partial charge in [0.25, 0.3) is 0 Å². The van der Waals surface area contributed by atoms with Gasteiger partial charge in [0, 0.05) is 17.5 Å². The lowest BCUT2D eigenvalue weighted by Gasteiger charge is -2.20. The van der Waals surface area contributed by atoms with Gasteiger partial charge in [-0.2, -0.15) is 0 Å². The molecule has 1 aliphatic carbocycles. The summed E-state index contributed by atoms with van der Waals surface area (Å²) in [4.78, 5) is 0. The maximum absolute atomic E-state index is 10.5. The molecule has 28 heavy (non-hydrogen) atoms. The highest BCUT2D eigenvalue weighted by molar-refractivity contribution is 5.81. The molecule has 4 bridgehead atoms. The molecule has 0 aliphatic heterocycles. The Morgan fingerprint density at radius 1 is 0.821 bits per heavy atom. The van der Waals surface area contributed by atoms with E-state index >= 15 is 0 Å². The number of hydrogen-bond acceptors (Lipinski definition) is 6. The lowest BCUT2D eigenvalue weighted by Crippen LogP contribution is -2.27. The number of aryl methyl sites for hydroxylation is 1. The minimum atomic E-state index is -0.854. The molecule has 2 aromatic carbocycles. The van der Waals surface area contributed by atoms with Crippen molar-refractivity contribution in [1.82, 2.24) is 0 Å². The average Bonchev–Trinajstić information content (AvgIpc) is 2.70. The molecule has 152 valence electrons. The third-order valence-electron chi connectivity index (χ3n) is 5.32. The summed E-state index contributed by atoms with van der Waals surface area (Å²) in [6.45, 7) is 0. The molecule has 0 radical (unpaired) electrons. The number of aromatic hydroxyl groups is 1. The summed E-state index contributed by atoms with van der Waals surface area (Å²) in [5.41, 5.74) is 3.03. The van der Waals surface area contributed by atoms with Gasteiger partial charge in [-0.15, -0.1) is 0 Å². The Hall–Kier alpha value is -2.44. The first-order valence-electron chi connectivity index (χ1n) is 9.50. The van der Waals surface area contributed by atoms with E-state index in [1.807, 2.05) is 12.1 Å². The van der Waals surface area contributed by atoms with E-state index in [4.69, 9.17) is 14.2 Å². The Bertz CT molecular complexity index is 832. The highest BCUT2D eigenvalue weighted by atomic mass is 16.5. The number of benzene rings is 2. The van der Waals surface area contributed by atoms with Gasteiger partial charge in [-0.25, -0.2) is 0 Å². The molecule has 2 aromatic rings. The van der Waals surface area contributed by atoms with Crippen molar-refractivity contribution < 1.29 is 29.5 Å². The molecule has 0 spiro atoms. The first-order chi connectivity index (χ1) is 13.5. The van der Waals surface area contributed by atoms with Gasteiger partial charge in [0.2, 0.25) is 5.75 Å². The van der Waals surface area contributed by atoms with Crippen LogP contribution in [0.15, 0.2) is 24.3 Å². The topological polar surface area (TPSA) is 88.4 Å². The van der Waals surface area contributed by atoms with Crippen molar-refractivity contribution in [3.63, 3.8) is 0 Å². The van der Waals surface area contributed by atoms with Crippen LogP contribution in [0.3, 0.4) is 0 Å². The summed E-state index contributed by atoms with van der Waals surface area (Å²) in [6, 6.07) is 7.13. The van der Waals surface area contributed by atoms with Crippen molar-refractivity contribution in [2.75, 3.05) is 21.3 Å². The number of aliphatic hydroxyl groups is 2. The molecular weight excluding hydrogens is 360 g/mol. The van der Waals surface area contributed by atoms with Crippen molar-refractivity contribution in [1.29, 1.82) is 0 Å². The molecule has 3 N–H and O–H groups in total. The fourth-order valence-corrected chi connectivity index (χ4v) is 3.84. The van der Waals surface area contributed by atoms with E-state index in [0.717, 1.165) is 24.0 Å². The predicted molar refractivity (Wildman–Crippen MR) is 106 cm³/mol. The summed E-state index contributed by atoms with van der Waals surface area (Å²) in [5.74, 6) is 1.67. The Labute approximate surface area is 165 Å². The number of ether oxygens (including phenoxy) is 3. The van der Waals surface area contributed by atoms with Gasteiger partial charge in [0.15, 0.2) is 11.5 Å². The third kappa shape index (κ3) is 3.88. The van der Waals surface area contributed by atoms with Crippen LogP contribution in [0.5, 0.6) is 23.0 Å². The van der Waals surface area contributed by atoms with Crippen LogP contribution in [0, 0.1) is 0 Å². The molecule has 6 nitrogen and oxygen atoms in total. The Morgan fingerprint density at radius 3 is 2.21 bits per heavy atom. The number of phenolic OH excluding ortho intramolecular Hbond substituents is 1. The van der Waals surface area contributed by atoms with Crippen LogP contribution >= 0.6 is 0 Å². The summed E-state index contributed by atoms with van der Waals surface area (Å²) in [6.07, 6.45) is 1.48. The molecule has 0 saturated carbocycles. The van der Waals surface area contributed by atoms with Crippen molar-refractivity contribution in [3.8, 4) is 34.1 Å². The number of hydrogen-bond donors (Lipinski definition) is 3. The van der Waals surface area contributed by atoms with E-state index < -0.39 is 12.2 Å². The number of fused-ring (bicyclic) bond motifs is 5. The standard InChI is InChI=1S/C22H28O6/c1-26-20-14-6-4-5-7-18(24)19(25)11-13-8-9-17(23)15(10-13)16(12-14)21(27-2)22(20)28-3/h8-10,12,18-19,23-25H,4-7,11H2,1-3H3. The minimum Gasteiger partial charge on any atom is -0.507 e. The molecule has 0 heterocycles. The summed E-state index contributed by atoms with van der Waals surface area (Å²) >= 11 is 0. The lowest BCUT2D eigenvalue weighted by molar-refractivity contribution is 0.0138. The van der Waals surface area contributed by atoms with Crippen LogP contribution in [0.2, 0.25) is 0 Å². The van der Waals surface area contributed by atoms with Crippen LogP contribution in [0.4, 0.5) is 0 Å². The Balaban J connectivity index is 2.25. The molecule has 2 atom stereocenters. The van der Waals surface area contributed by atoms with Crippen molar-refractivity contribution in [2.45, 2.75) is 44.3 Å². The largest absolute Gasteiger partial charge is 0.507 e. The van der Waals surface area contributed by atoms with Crippen LogP contribution in [-0.4, -0.2) is 48.9 Å². The minimum absolute atomic E-state index is 0.102. The fraction of sp³-hybridized carbons (Fsp3) is 0.455. The summed E-state index contributed by atoms with van der Waals surface area (Å²) in [5, 5.41) is 31.2. The molecule has 2 unspecified atom stereocenters. The van der Waals surface area contributed by atoms with Crippen molar-refractivity contribution in [3.05, 3.63) is 35.4 Å². The Kier molecular flexibility index (Phi) is 6.31. The second-order valence-electron chi connectivity index (χ2n) is 7.12. The van der Waals surface area contributed by atoms with Crippen LogP contribution < -0.4 is 14.2 Å². The molecule has 3 rings (SSSR count). The maximum atomic E-state index is 10.5. The van der Waals surface area contributed by atoms with Crippen LogP contribution in [-0.2, 0) is 12.8 Å². The van der Waals surface area contributed by atoms with Gasteiger partial charge < -0.3 is 29.5 Å². The number of rotatable bonds is 3. The van der Waals surface area contributed by atoms with E-state index in [1.165, 1.54) is 0 Å². The fourth-order valence-electron chi connectivity index (χ4n) is 3.84. The zero-order valence-electron chi connectivity index (χ0n) is 16.6. The van der Waals surface area contributed by atoms with Gasteiger partial charge in [0.05, 0.1) is 33.5 Å². The molecule has 0 aromatic heterocycles. The highest BCUT2D eigenvalue weighted by Gasteiger charge is 2.24. The normalized spacial score (nSPS) is 19.8. The van der Waals surface area contributed by atoms with Gasteiger partial charge in [-0.3, -0.25) is 0 Å². The third-order valence-corrected chi connectivity index (χ3v) is 5.32. The summed E-state index contributed by atoms with van der Waals surface area (Å²) in [7, 11) is 4.70. The van der Waals surface area contributed by atoms with E-state index in [9.17, 15) is 15.3 Å². The van der Waals surface area contributed by atoms with E-state index in [1.54, 1.807) is 33.5 Å². The second kappa shape index (κ2) is 8.71. The SMILES string of the molecule is COc1c2cc(c(OC)c1OC)-c1cc(ccc1O)CC(O)C(O)CCCC2. The Morgan fingerprint density at radius 2 is 1.54 bits per heavy atom. The monoisotopic (exact) mass is 388 g/mol. The second-order valence-corrected chi connectivity index (χ2v) is 7.12. The van der Waals surface area contributed by atoms with Gasteiger partial charge in [0.1, 0.15) is 5.75 Å².